The lowest BCUT2D eigenvalue weighted by Gasteiger charge is -2.16. The number of fused-ring (bicyclic) bond motifs is 7. The van der Waals surface area contributed by atoms with Gasteiger partial charge < -0.3 is 4.42 Å². The van der Waals surface area contributed by atoms with Gasteiger partial charge in [-0.3, -0.25) is 0 Å². The van der Waals surface area contributed by atoms with Gasteiger partial charge in [-0.25, -0.2) is 9.97 Å². The average Bonchev–Trinajstić information content (AvgIpc) is 3.71. The lowest BCUT2D eigenvalue weighted by molar-refractivity contribution is 0.669. The van der Waals surface area contributed by atoms with Crippen molar-refractivity contribution in [1.29, 1.82) is 0 Å². The van der Waals surface area contributed by atoms with Crippen molar-refractivity contribution >= 4 is 54.3 Å². The number of nitrogens with zero attached hydrogens (tertiary/aromatic N) is 2. The molecule has 0 radical (unpaired) electrons. The normalized spacial score (nSPS) is 11.6. The van der Waals surface area contributed by atoms with Crippen molar-refractivity contribution in [1.82, 2.24) is 9.97 Å². The zero-order valence-electron chi connectivity index (χ0n) is 33.1. The molecule has 0 spiro atoms. The quantitative estimate of drug-likeness (QED) is 0.125. The van der Waals surface area contributed by atoms with Crippen LogP contribution in [0.1, 0.15) is 0 Å². The molecule has 0 saturated carbocycles. The molecule has 2 heterocycles. The third-order valence-corrected chi connectivity index (χ3v) is 12.0. The van der Waals surface area contributed by atoms with Crippen LogP contribution in [0.4, 0.5) is 0 Å². The number of benzene rings is 10. The maximum absolute atomic E-state index is 6.22. The maximum atomic E-state index is 6.22. The molecule has 0 amide bonds. The first-order valence-corrected chi connectivity index (χ1v) is 20.7. The molecule has 3 nitrogen and oxygen atoms in total. The Morgan fingerprint density at radius 3 is 1.67 bits per heavy atom. The smallest absolute Gasteiger partial charge is 0.160 e. The Morgan fingerprint density at radius 2 is 0.852 bits per heavy atom. The van der Waals surface area contributed by atoms with E-state index in [0.29, 0.717) is 5.82 Å². The van der Waals surface area contributed by atoms with Crippen molar-refractivity contribution in [2.24, 2.45) is 0 Å². The average molecular weight is 777 g/mol. The van der Waals surface area contributed by atoms with Crippen LogP contribution in [-0.4, -0.2) is 9.97 Å². The standard InChI is InChI=1S/C58H36N2O/c1-3-14-37(15-4-1)44-31-45(40-27-29-56-52(34-40)49-24-11-12-25-55(49)61-56)33-46(32-44)54-36-53(59-58(60-54)39-17-5-2-6-18-39)42-20-13-21-43(30-42)57-48-23-10-8-19-41(48)35-51-47-22-9-7-16-38(47)26-28-50(51)57/h1-36H. The summed E-state index contributed by atoms with van der Waals surface area (Å²) in [5, 5.41) is 9.63. The minimum absolute atomic E-state index is 0.679. The highest BCUT2D eigenvalue weighted by molar-refractivity contribution is 6.20. The van der Waals surface area contributed by atoms with Crippen LogP contribution in [-0.2, 0) is 0 Å². The summed E-state index contributed by atoms with van der Waals surface area (Å²) in [5.74, 6) is 0.679. The predicted molar refractivity (Wildman–Crippen MR) is 254 cm³/mol. The van der Waals surface area contributed by atoms with E-state index in [2.05, 4.69) is 188 Å². The van der Waals surface area contributed by atoms with E-state index >= 15 is 0 Å². The molecule has 0 bridgehead atoms. The summed E-state index contributed by atoms with van der Waals surface area (Å²) in [4.78, 5) is 10.6. The molecule has 0 atom stereocenters. The van der Waals surface area contributed by atoms with Gasteiger partial charge in [0.1, 0.15) is 11.2 Å². The van der Waals surface area contributed by atoms with E-state index in [9.17, 15) is 0 Å². The van der Waals surface area contributed by atoms with Gasteiger partial charge in [-0.1, -0.05) is 164 Å². The Morgan fingerprint density at radius 1 is 0.262 bits per heavy atom. The summed E-state index contributed by atoms with van der Waals surface area (Å²) in [5.41, 5.74) is 13.3. The lowest BCUT2D eigenvalue weighted by Crippen LogP contribution is -1.97. The van der Waals surface area contributed by atoms with Gasteiger partial charge in [-0.15, -0.1) is 0 Å². The molecule has 61 heavy (non-hydrogen) atoms. The zero-order chi connectivity index (χ0) is 40.3. The minimum Gasteiger partial charge on any atom is -0.456 e. The molecule has 0 N–H and O–H groups in total. The van der Waals surface area contributed by atoms with Crippen LogP contribution in [0.3, 0.4) is 0 Å². The number of furan rings is 1. The molecule has 12 aromatic rings. The largest absolute Gasteiger partial charge is 0.456 e. The van der Waals surface area contributed by atoms with Crippen molar-refractivity contribution in [2.75, 3.05) is 0 Å². The summed E-state index contributed by atoms with van der Waals surface area (Å²) in [6.07, 6.45) is 0. The van der Waals surface area contributed by atoms with E-state index < -0.39 is 0 Å². The molecule has 0 aliphatic rings. The fraction of sp³-hybridized carbons (Fsp3) is 0. The molecular weight excluding hydrogens is 741 g/mol. The van der Waals surface area contributed by atoms with Gasteiger partial charge in [0, 0.05) is 27.5 Å². The Bertz CT molecular complexity index is 3640. The van der Waals surface area contributed by atoms with E-state index in [1.54, 1.807) is 0 Å². The molecule has 0 aliphatic carbocycles. The van der Waals surface area contributed by atoms with Gasteiger partial charge in [0.2, 0.25) is 0 Å². The number of hydrogen-bond acceptors (Lipinski definition) is 3. The number of rotatable bonds is 6. The first-order chi connectivity index (χ1) is 30.2. The first kappa shape index (κ1) is 34.9. The van der Waals surface area contributed by atoms with Gasteiger partial charge in [0.25, 0.3) is 0 Å². The van der Waals surface area contributed by atoms with Crippen LogP contribution in [0.2, 0.25) is 0 Å². The van der Waals surface area contributed by atoms with E-state index in [1.165, 1.54) is 37.9 Å². The fourth-order valence-electron chi connectivity index (χ4n) is 9.07. The van der Waals surface area contributed by atoms with Crippen LogP contribution in [0.5, 0.6) is 0 Å². The Hall–Kier alpha value is -8.14. The molecule has 0 aliphatic heterocycles. The van der Waals surface area contributed by atoms with Crippen LogP contribution in [0.25, 0.3) is 122 Å². The van der Waals surface area contributed by atoms with Crippen LogP contribution in [0, 0.1) is 0 Å². The fourth-order valence-corrected chi connectivity index (χ4v) is 9.07. The number of hydrogen-bond donors (Lipinski definition) is 0. The van der Waals surface area contributed by atoms with Crippen molar-refractivity contribution in [3.63, 3.8) is 0 Å². The van der Waals surface area contributed by atoms with E-state index in [1.807, 2.05) is 30.3 Å². The summed E-state index contributed by atoms with van der Waals surface area (Å²) < 4.78 is 6.22. The molecule has 284 valence electrons. The summed E-state index contributed by atoms with van der Waals surface area (Å²) >= 11 is 0. The highest BCUT2D eigenvalue weighted by atomic mass is 16.3. The molecule has 2 aromatic heterocycles. The summed E-state index contributed by atoms with van der Waals surface area (Å²) in [6.45, 7) is 0. The molecule has 0 unspecified atom stereocenters. The van der Waals surface area contributed by atoms with Crippen LogP contribution >= 0.6 is 0 Å². The van der Waals surface area contributed by atoms with Gasteiger partial charge >= 0.3 is 0 Å². The van der Waals surface area contributed by atoms with Gasteiger partial charge in [0.15, 0.2) is 5.82 Å². The monoisotopic (exact) mass is 776 g/mol. The van der Waals surface area contributed by atoms with Gasteiger partial charge in [0.05, 0.1) is 11.4 Å². The minimum atomic E-state index is 0.679. The second-order valence-electron chi connectivity index (χ2n) is 15.7. The van der Waals surface area contributed by atoms with Crippen LogP contribution < -0.4 is 0 Å². The van der Waals surface area contributed by atoms with Crippen molar-refractivity contribution in [3.8, 4) is 67.3 Å². The second kappa shape index (κ2) is 14.3. The molecule has 0 fully saturated rings. The Labute approximate surface area is 352 Å². The number of aromatic nitrogens is 2. The van der Waals surface area contributed by atoms with Crippen LogP contribution in [0.15, 0.2) is 223 Å². The Kier molecular flexibility index (Phi) is 8.17. The SMILES string of the molecule is c1ccc(-c2cc(-c3ccc4oc5ccccc5c4c3)cc(-c3cc(-c4cccc(-c5c6ccccc6cc6c5ccc5ccccc56)c4)nc(-c4ccccc4)n3)c2)cc1. The highest BCUT2D eigenvalue weighted by Crippen LogP contribution is 2.42. The third-order valence-electron chi connectivity index (χ3n) is 12.0. The second-order valence-corrected chi connectivity index (χ2v) is 15.7. The first-order valence-electron chi connectivity index (χ1n) is 20.7. The lowest BCUT2D eigenvalue weighted by atomic mass is 9.89. The highest BCUT2D eigenvalue weighted by Gasteiger charge is 2.17. The molecule has 12 rings (SSSR count). The third kappa shape index (κ3) is 6.14. The van der Waals surface area contributed by atoms with Crippen molar-refractivity contribution < 1.29 is 4.42 Å². The van der Waals surface area contributed by atoms with Gasteiger partial charge in [-0.2, -0.15) is 0 Å². The number of para-hydroxylation sites is 1. The Balaban J connectivity index is 1.06. The maximum Gasteiger partial charge on any atom is 0.160 e. The molecule has 3 heteroatoms. The molecule has 10 aromatic carbocycles. The zero-order valence-corrected chi connectivity index (χ0v) is 33.1. The van der Waals surface area contributed by atoms with E-state index in [-0.39, 0.29) is 0 Å². The predicted octanol–water partition coefficient (Wildman–Crippen LogP) is 15.8. The van der Waals surface area contributed by atoms with E-state index in [4.69, 9.17) is 14.4 Å². The van der Waals surface area contributed by atoms with Crippen molar-refractivity contribution in [3.05, 3.63) is 218 Å². The van der Waals surface area contributed by atoms with Crippen molar-refractivity contribution in [2.45, 2.75) is 0 Å². The summed E-state index contributed by atoms with van der Waals surface area (Å²) in [7, 11) is 0. The topological polar surface area (TPSA) is 38.9 Å². The van der Waals surface area contributed by atoms with E-state index in [0.717, 1.165) is 77.8 Å². The summed E-state index contributed by atoms with van der Waals surface area (Å²) in [6, 6.07) is 77.7. The molecular formula is C58H36N2O. The molecule has 0 saturated heterocycles. The van der Waals surface area contributed by atoms with Gasteiger partial charge in [-0.05, 0) is 120 Å².